The second-order valence-electron chi connectivity index (χ2n) is 11.4. The zero-order valence-electron chi connectivity index (χ0n) is 23.1. The molecule has 2 aliphatic carbocycles. The number of ketones is 4. The summed E-state index contributed by atoms with van der Waals surface area (Å²) < 4.78 is 11.1. The Balaban J connectivity index is 1.13. The Morgan fingerprint density at radius 1 is 0.591 bits per heavy atom. The van der Waals surface area contributed by atoms with Gasteiger partial charge in [0.05, 0.1) is 23.9 Å². The number of benzene rings is 2. The van der Waals surface area contributed by atoms with Gasteiger partial charge in [-0.1, -0.05) is 48.5 Å². The van der Waals surface area contributed by atoms with Gasteiger partial charge in [-0.05, 0) is 49.3 Å². The maximum atomic E-state index is 12.8. The lowest BCUT2D eigenvalue weighted by Gasteiger charge is -2.31. The fourth-order valence-electron chi connectivity index (χ4n) is 6.33. The number of carbonyl (C=O) groups is 4. The lowest BCUT2D eigenvalue weighted by molar-refractivity contribution is -0.110. The summed E-state index contributed by atoms with van der Waals surface area (Å²) >= 11 is 6.58. The average molecular weight is 647 g/mol. The van der Waals surface area contributed by atoms with Gasteiger partial charge < -0.3 is 4.74 Å². The standard InChI is InChI=1S/C35H18O5S4/c1-35(2)25-31-23(13-15(41-31)11-21-17-7-3-5-9-19(17)26(36)28(21)38)43-33(25)34-30(40-35)32-24(44-34)14-16(42-32)12-22-18-8-4-6-10-20(18)27(37)29(22)39/h3-14H,1-2H3/b21-11-,22-12-. The number of rotatable bonds is 2. The van der Waals surface area contributed by atoms with Crippen molar-refractivity contribution in [1.29, 1.82) is 0 Å². The number of carbonyl (C=O) groups excluding carboxylic acids is 4. The Labute approximate surface area is 266 Å². The van der Waals surface area contributed by atoms with E-state index in [4.69, 9.17) is 4.74 Å². The van der Waals surface area contributed by atoms with Gasteiger partial charge in [0.15, 0.2) is 5.75 Å². The Hall–Kier alpha value is -4.28. The lowest BCUT2D eigenvalue weighted by Crippen LogP contribution is -2.27. The Morgan fingerprint density at radius 2 is 1.07 bits per heavy atom. The monoisotopic (exact) mass is 646 g/mol. The Bertz CT molecular complexity index is 2420. The molecule has 0 saturated carbocycles. The molecule has 9 rings (SSSR count). The first-order chi connectivity index (χ1) is 21.2. The maximum absolute atomic E-state index is 12.8. The number of allylic oxidation sites excluding steroid dienone is 2. The SMILES string of the molecule is CC1(C)Oc2c(sc3cc(/C=C4\C(=O)C(=O)c5ccccc54)sc23)-c2sc3cc(/C=C4\C(=O)C(=O)c5ccccc54)sc3c21. The molecular formula is C35H18O5S4. The summed E-state index contributed by atoms with van der Waals surface area (Å²) in [7, 11) is 0. The van der Waals surface area contributed by atoms with Gasteiger partial charge in [0, 0.05) is 42.3 Å². The van der Waals surface area contributed by atoms with Gasteiger partial charge in [-0.2, -0.15) is 0 Å². The van der Waals surface area contributed by atoms with Crippen LogP contribution in [0.15, 0.2) is 60.7 Å². The van der Waals surface area contributed by atoms with Crippen LogP contribution in [0, 0.1) is 0 Å². The first kappa shape index (κ1) is 26.2. The van der Waals surface area contributed by atoms with Crippen molar-refractivity contribution in [3.05, 3.63) is 98.2 Å². The van der Waals surface area contributed by atoms with Gasteiger partial charge in [-0.3, -0.25) is 19.2 Å². The zero-order chi connectivity index (χ0) is 30.1. The third-order valence-electron chi connectivity index (χ3n) is 8.29. The highest BCUT2D eigenvalue weighted by atomic mass is 32.1. The number of Topliss-reactive ketones (excluding diaryl/α,β-unsaturated/α-hetero) is 4. The van der Waals surface area contributed by atoms with E-state index in [1.165, 1.54) is 4.88 Å². The topological polar surface area (TPSA) is 77.5 Å². The molecule has 2 aromatic carbocycles. The summed E-state index contributed by atoms with van der Waals surface area (Å²) in [5.41, 5.74) is 3.72. The Kier molecular flexibility index (Phi) is 5.28. The first-order valence-electron chi connectivity index (χ1n) is 13.8. The summed E-state index contributed by atoms with van der Waals surface area (Å²) in [6.07, 6.45) is 3.67. The van der Waals surface area contributed by atoms with Gasteiger partial charge in [-0.15, -0.1) is 45.3 Å². The van der Waals surface area contributed by atoms with Crippen LogP contribution >= 0.6 is 45.3 Å². The molecule has 5 heterocycles. The lowest BCUT2D eigenvalue weighted by atomic mass is 9.95. The van der Waals surface area contributed by atoms with Crippen molar-refractivity contribution in [2.75, 3.05) is 0 Å². The molecule has 0 saturated heterocycles. The Morgan fingerprint density at radius 3 is 1.64 bits per heavy atom. The first-order valence-corrected chi connectivity index (χ1v) is 17.1. The smallest absolute Gasteiger partial charge is 0.234 e. The van der Waals surface area contributed by atoms with E-state index in [0.29, 0.717) is 33.4 Å². The molecule has 212 valence electrons. The summed E-state index contributed by atoms with van der Waals surface area (Å²) in [4.78, 5) is 54.7. The average Bonchev–Trinajstić information content (AvgIpc) is 3.82. The minimum Gasteiger partial charge on any atom is -0.480 e. The van der Waals surface area contributed by atoms with E-state index in [2.05, 4.69) is 26.0 Å². The largest absolute Gasteiger partial charge is 0.480 e. The van der Waals surface area contributed by atoms with Crippen LogP contribution in [-0.4, -0.2) is 23.1 Å². The van der Waals surface area contributed by atoms with E-state index in [0.717, 1.165) is 44.7 Å². The highest BCUT2D eigenvalue weighted by Gasteiger charge is 2.40. The molecule has 1 aliphatic heterocycles. The molecule has 0 N–H and O–H groups in total. The van der Waals surface area contributed by atoms with Crippen LogP contribution in [0.3, 0.4) is 0 Å². The van der Waals surface area contributed by atoms with E-state index >= 15 is 0 Å². The molecule has 0 atom stereocenters. The third-order valence-corrected chi connectivity index (χ3v) is 13.1. The van der Waals surface area contributed by atoms with Crippen molar-refractivity contribution in [3.8, 4) is 15.5 Å². The number of ether oxygens (including phenoxy) is 1. The number of fused-ring (bicyclic) bond motifs is 9. The molecule has 44 heavy (non-hydrogen) atoms. The molecule has 3 aliphatic rings. The highest BCUT2D eigenvalue weighted by molar-refractivity contribution is 7.35. The quantitative estimate of drug-likeness (QED) is 0.139. The van der Waals surface area contributed by atoms with Crippen LogP contribution in [0.2, 0.25) is 0 Å². The second-order valence-corrected chi connectivity index (χ2v) is 15.7. The summed E-state index contributed by atoms with van der Waals surface area (Å²) in [6, 6.07) is 18.5. The van der Waals surface area contributed by atoms with Crippen molar-refractivity contribution in [2.24, 2.45) is 0 Å². The summed E-state index contributed by atoms with van der Waals surface area (Å²) in [5.74, 6) is -0.969. The fourth-order valence-corrected chi connectivity index (χ4v) is 11.8. The molecule has 0 fully saturated rings. The van der Waals surface area contributed by atoms with Crippen LogP contribution in [0.1, 0.15) is 61.0 Å². The van der Waals surface area contributed by atoms with Crippen molar-refractivity contribution in [2.45, 2.75) is 19.4 Å². The van der Waals surface area contributed by atoms with Crippen LogP contribution in [0.4, 0.5) is 0 Å². The van der Waals surface area contributed by atoms with Gasteiger partial charge in [0.1, 0.15) is 5.60 Å². The van der Waals surface area contributed by atoms with Crippen LogP contribution in [-0.2, 0) is 15.2 Å². The minimum absolute atomic E-state index is 0.438. The van der Waals surface area contributed by atoms with Crippen LogP contribution < -0.4 is 4.74 Å². The second kappa shape index (κ2) is 8.89. The van der Waals surface area contributed by atoms with Crippen molar-refractivity contribution >= 4 is 111 Å². The molecule has 5 nitrogen and oxygen atoms in total. The predicted molar refractivity (Wildman–Crippen MR) is 179 cm³/mol. The number of hydrogen-bond acceptors (Lipinski definition) is 9. The molecule has 0 bridgehead atoms. The molecule has 4 aromatic heterocycles. The number of hydrogen-bond donors (Lipinski definition) is 0. The van der Waals surface area contributed by atoms with Gasteiger partial charge >= 0.3 is 0 Å². The van der Waals surface area contributed by atoms with Crippen molar-refractivity contribution in [1.82, 2.24) is 0 Å². The maximum Gasteiger partial charge on any atom is 0.234 e. The van der Waals surface area contributed by atoms with Crippen LogP contribution in [0.5, 0.6) is 5.75 Å². The fraction of sp³-hybridized carbons (Fsp3) is 0.0857. The number of thiophene rings is 4. The van der Waals surface area contributed by atoms with E-state index < -0.39 is 28.7 Å². The van der Waals surface area contributed by atoms with Crippen molar-refractivity contribution in [3.63, 3.8) is 0 Å². The summed E-state index contributed by atoms with van der Waals surface area (Å²) in [6.45, 7) is 4.15. The van der Waals surface area contributed by atoms with E-state index in [1.807, 2.05) is 36.4 Å². The van der Waals surface area contributed by atoms with Gasteiger partial charge in [0.25, 0.3) is 0 Å². The van der Waals surface area contributed by atoms with E-state index in [-0.39, 0.29) is 0 Å². The summed E-state index contributed by atoms with van der Waals surface area (Å²) in [5, 5.41) is 0. The molecule has 0 radical (unpaired) electrons. The molecule has 9 heteroatoms. The van der Waals surface area contributed by atoms with Gasteiger partial charge in [0.2, 0.25) is 23.1 Å². The minimum atomic E-state index is -0.606. The van der Waals surface area contributed by atoms with Crippen LogP contribution in [0.25, 0.3) is 51.9 Å². The zero-order valence-corrected chi connectivity index (χ0v) is 26.4. The molecule has 0 unspecified atom stereocenters. The predicted octanol–water partition coefficient (Wildman–Crippen LogP) is 9.15. The van der Waals surface area contributed by atoms with Gasteiger partial charge in [-0.25, -0.2) is 0 Å². The third kappa shape index (κ3) is 3.49. The van der Waals surface area contributed by atoms with Crippen molar-refractivity contribution < 1.29 is 23.9 Å². The molecular weight excluding hydrogens is 629 g/mol. The van der Waals surface area contributed by atoms with E-state index in [1.54, 1.807) is 69.6 Å². The highest BCUT2D eigenvalue weighted by Crippen LogP contribution is 2.60. The van der Waals surface area contributed by atoms with E-state index in [9.17, 15) is 19.2 Å². The molecule has 6 aromatic rings. The normalized spacial score (nSPS) is 18.4. The molecule has 0 amide bonds. The molecule has 0 spiro atoms.